The highest BCUT2D eigenvalue weighted by Crippen LogP contribution is 2.51. The monoisotopic (exact) mass is 391 g/mol. The summed E-state index contributed by atoms with van der Waals surface area (Å²) in [4.78, 5) is 35.5. The number of aliphatic imine (C=N–C) groups is 1. The molecule has 29 heavy (non-hydrogen) atoms. The Morgan fingerprint density at radius 2 is 1.86 bits per heavy atom. The molecule has 1 amide bonds. The van der Waals surface area contributed by atoms with E-state index in [0.29, 0.717) is 18.0 Å². The van der Waals surface area contributed by atoms with Crippen LogP contribution in [0.25, 0.3) is 0 Å². The minimum atomic E-state index is -1.04. The third-order valence-electron chi connectivity index (χ3n) is 5.98. The standard InChI is InChI=1S/C23H25N3O3/c1-4-29-21(28)18-20(27)25-19(17-11-7-8-14-24-17)26-23(18)13-12-22(2,3)15-9-5-6-10-16(15)23/h5-11,14,18H,4,12-13H2,1-3H3,(H,25,26,27). The van der Waals surface area contributed by atoms with Crippen molar-refractivity contribution in [2.45, 2.75) is 44.6 Å². The second-order valence-electron chi connectivity index (χ2n) is 8.20. The molecule has 2 aromatic rings. The molecule has 2 atom stereocenters. The van der Waals surface area contributed by atoms with Gasteiger partial charge in [-0.1, -0.05) is 44.2 Å². The number of pyridine rings is 1. The molecule has 1 aliphatic heterocycles. The lowest BCUT2D eigenvalue weighted by atomic mass is 9.61. The summed E-state index contributed by atoms with van der Waals surface area (Å²) in [6.45, 7) is 6.32. The van der Waals surface area contributed by atoms with E-state index >= 15 is 0 Å². The van der Waals surface area contributed by atoms with Crippen LogP contribution in [0.4, 0.5) is 0 Å². The Balaban J connectivity index is 1.96. The SMILES string of the molecule is CCOC(=O)C1C(=O)NC(c2ccccn2)=NC12CCC(C)(C)c1ccccc12. The first kappa shape index (κ1) is 19.3. The van der Waals surface area contributed by atoms with Crippen LogP contribution in [-0.4, -0.2) is 29.3 Å². The number of hydrogen-bond acceptors (Lipinski definition) is 5. The Bertz CT molecular complexity index is 984. The highest BCUT2D eigenvalue weighted by Gasteiger charge is 2.56. The first-order valence-electron chi connectivity index (χ1n) is 9.98. The summed E-state index contributed by atoms with van der Waals surface area (Å²) >= 11 is 0. The second kappa shape index (κ2) is 7.10. The molecule has 1 aliphatic carbocycles. The van der Waals surface area contributed by atoms with Crippen LogP contribution < -0.4 is 5.32 Å². The zero-order valence-electron chi connectivity index (χ0n) is 16.9. The number of benzene rings is 1. The van der Waals surface area contributed by atoms with Gasteiger partial charge in [0.15, 0.2) is 11.8 Å². The van der Waals surface area contributed by atoms with Crippen molar-refractivity contribution in [3.8, 4) is 0 Å². The van der Waals surface area contributed by atoms with E-state index in [1.807, 2.05) is 30.3 Å². The first-order valence-corrected chi connectivity index (χ1v) is 9.98. The molecule has 4 rings (SSSR count). The lowest BCUT2D eigenvalue weighted by Gasteiger charge is -2.47. The van der Waals surface area contributed by atoms with Crippen molar-refractivity contribution >= 4 is 17.7 Å². The number of fused-ring (bicyclic) bond motifs is 2. The summed E-state index contributed by atoms with van der Waals surface area (Å²) in [5, 5.41) is 2.79. The maximum atomic E-state index is 13.2. The maximum absolute atomic E-state index is 13.2. The summed E-state index contributed by atoms with van der Waals surface area (Å²) in [5.74, 6) is -1.57. The van der Waals surface area contributed by atoms with Crippen LogP contribution in [0, 0.1) is 5.92 Å². The number of hydrogen-bond donors (Lipinski definition) is 1. The number of nitrogens with zero attached hydrogens (tertiary/aromatic N) is 2. The molecule has 0 radical (unpaired) electrons. The molecule has 0 saturated carbocycles. The van der Waals surface area contributed by atoms with Crippen molar-refractivity contribution < 1.29 is 14.3 Å². The van der Waals surface area contributed by atoms with Crippen molar-refractivity contribution in [3.05, 3.63) is 65.5 Å². The van der Waals surface area contributed by atoms with Gasteiger partial charge in [0, 0.05) is 6.20 Å². The van der Waals surface area contributed by atoms with Crippen molar-refractivity contribution in [3.63, 3.8) is 0 Å². The van der Waals surface area contributed by atoms with Gasteiger partial charge >= 0.3 is 5.97 Å². The number of rotatable bonds is 3. The predicted molar refractivity (Wildman–Crippen MR) is 109 cm³/mol. The smallest absolute Gasteiger partial charge is 0.321 e. The number of carbonyl (C=O) groups excluding carboxylic acids is 2. The lowest BCUT2D eigenvalue weighted by molar-refractivity contribution is -0.156. The molecule has 1 aromatic heterocycles. The predicted octanol–water partition coefficient (Wildman–Crippen LogP) is 3.10. The Morgan fingerprint density at radius 3 is 2.55 bits per heavy atom. The zero-order valence-corrected chi connectivity index (χ0v) is 16.9. The number of amides is 1. The van der Waals surface area contributed by atoms with Crippen LogP contribution >= 0.6 is 0 Å². The molecule has 0 bridgehead atoms. The molecule has 2 unspecified atom stereocenters. The summed E-state index contributed by atoms with van der Waals surface area (Å²) in [6.07, 6.45) is 3.03. The van der Waals surface area contributed by atoms with Gasteiger partial charge in [0.2, 0.25) is 5.91 Å². The Kier molecular flexibility index (Phi) is 4.73. The molecule has 2 heterocycles. The van der Waals surface area contributed by atoms with Gasteiger partial charge in [0.05, 0.1) is 6.61 Å². The van der Waals surface area contributed by atoms with Gasteiger partial charge in [-0.05, 0) is 48.4 Å². The van der Waals surface area contributed by atoms with E-state index in [0.717, 1.165) is 17.5 Å². The summed E-state index contributed by atoms with van der Waals surface area (Å²) in [7, 11) is 0. The average molecular weight is 391 g/mol. The zero-order chi connectivity index (χ0) is 20.6. The average Bonchev–Trinajstić information content (AvgIpc) is 2.72. The quantitative estimate of drug-likeness (QED) is 0.644. The molecular weight excluding hydrogens is 366 g/mol. The maximum Gasteiger partial charge on any atom is 0.321 e. The third-order valence-corrected chi connectivity index (χ3v) is 5.98. The van der Waals surface area contributed by atoms with Crippen molar-refractivity contribution in [2.75, 3.05) is 6.61 Å². The largest absolute Gasteiger partial charge is 0.465 e. The van der Waals surface area contributed by atoms with Gasteiger partial charge < -0.3 is 10.1 Å². The molecule has 0 fully saturated rings. The lowest BCUT2D eigenvalue weighted by Crippen LogP contribution is -2.57. The van der Waals surface area contributed by atoms with E-state index in [-0.39, 0.29) is 12.0 Å². The summed E-state index contributed by atoms with van der Waals surface area (Å²) < 4.78 is 5.30. The topological polar surface area (TPSA) is 80.7 Å². The number of aromatic nitrogens is 1. The Labute approximate surface area is 170 Å². The van der Waals surface area contributed by atoms with E-state index in [4.69, 9.17) is 9.73 Å². The molecule has 1 aromatic carbocycles. The minimum Gasteiger partial charge on any atom is -0.465 e. The van der Waals surface area contributed by atoms with Crippen LogP contribution in [0.15, 0.2) is 53.7 Å². The van der Waals surface area contributed by atoms with Crippen LogP contribution in [0.1, 0.15) is 50.4 Å². The first-order chi connectivity index (χ1) is 13.9. The molecular formula is C23H25N3O3. The summed E-state index contributed by atoms with van der Waals surface area (Å²) in [5.41, 5.74) is 1.52. The van der Waals surface area contributed by atoms with E-state index in [2.05, 4.69) is 30.2 Å². The van der Waals surface area contributed by atoms with Crippen LogP contribution in [-0.2, 0) is 25.3 Å². The van der Waals surface area contributed by atoms with Crippen LogP contribution in [0.5, 0.6) is 0 Å². The third kappa shape index (κ3) is 3.12. The minimum absolute atomic E-state index is 0.0738. The number of esters is 1. The van der Waals surface area contributed by atoms with E-state index < -0.39 is 23.3 Å². The van der Waals surface area contributed by atoms with Gasteiger partial charge in [-0.3, -0.25) is 19.6 Å². The molecule has 1 N–H and O–H groups in total. The van der Waals surface area contributed by atoms with Gasteiger partial charge in [0.25, 0.3) is 0 Å². The van der Waals surface area contributed by atoms with Gasteiger partial charge in [0.1, 0.15) is 11.2 Å². The van der Waals surface area contributed by atoms with Crippen molar-refractivity contribution in [2.24, 2.45) is 10.9 Å². The van der Waals surface area contributed by atoms with Gasteiger partial charge in [-0.25, -0.2) is 0 Å². The number of carbonyl (C=O) groups is 2. The molecule has 6 nitrogen and oxygen atoms in total. The highest BCUT2D eigenvalue weighted by atomic mass is 16.5. The van der Waals surface area contributed by atoms with Crippen molar-refractivity contribution in [1.82, 2.24) is 10.3 Å². The normalized spacial score (nSPS) is 25.0. The number of nitrogens with one attached hydrogen (secondary N) is 1. The van der Waals surface area contributed by atoms with E-state index in [1.54, 1.807) is 19.2 Å². The van der Waals surface area contributed by atoms with Gasteiger partial charge in [-0.15, -0.1) is 0 Å². The number of ether oxygens (including phenoxy) is 1. The summed E-state index contributed by atoms with van der Waals surface area (Å²) in [6, 6.07) is 13.4. The highest BCUT2D eigenvalue weighted by molar-refractivity contribution is 6.14. The fourth-order valence-electron chi connectivity index (χ4n) is 4.49. The van der Waals surface area contributed by atoms with E-state index in [9.17, 15) is 9.59 Å². The Morgan fingerprint density at radius 1 is 1.14 bits per heavy atom. The Hall–Kier alpha value is -3.02. The molecule has 0 saturated heterocycles. The number of amidine groups is 1. The molecule has 1 spiro atoms. The van der Waals surface area contributed by atoms with Crippen LogP contribution in [0.2, 0.25) is 0 Å². The molecule has 6 heteroatoms. The molecule has 150 valence electrons. The molecule has 2 aliphatic rings. The fourth-order valence-corrected chi connectivity index (χ4v) is 4.49. The van der Waals surface area contributed by atoms with Crippen LogP contribution in [0.3, 0.4) is 0 Å². The van der Waals surface area contributed by atoms with E-state index in [1.165, 1.54) is 0 Å². The fraction of sp³-hybridized carbons (Fsp3) is 0.391. The second-order valence-corrected chi connectivity index (χ2v) is 8.20. The van der Waals surface area contributed by atoms with Crippen molar-refractivity contribution in [1.29, 1.82) is 0 Å². The van der Waals surface area contributed by atoms with Gasteiger partial charge in [-0.2, -0.15) is 0 Å².